The molecule has 1 aromatic rings. The average molecular weight is 235 g/mol. The molecule has 0 bridgehead atoms. The summed E-state index contributed by atoms with van der Waals surface area (Å²) in [5.41, 5.74) is 1.62. The number of amides is 1. The largest absolute Gasteiger partial charge is 0.388 e. The lowest BCUT2D eigenvalue weighted by Gasteiger charge is -2.32. The Balaban J connectivity index is 2.21. The summed E-state index contributed by atoms with van der Waals surface area (Å²) < 4.78 is 5.14. The summed E-state index contributed by atoms with van der Waals surface area (Å²) in [6, 6.07) is 7.47. The number of carbonyl (C=O) groups is 1. The number of carbonyl (C=O) groups excluding carboxylic acids is 1. The lowest BCUT2D eigenvalue weighted by Crippen LogP contribution is -2.39. The third-order valence-electron chi connectivity index (χ3n) is 2.94. The van der Waals surface area contributed by atoms with Crippen molar-refractivity contribution in [1.29, 1.82) is 0 Å². The molecule has 0 spiro atoms. The van der Waals surface area contributed by atoms with E-state index in [4.69, 9.17) is 4.74 Å². The standard InChI is InChI=1S/C13H17NO3/c1-2-17-9-13(16)14-8-7-12(15)10-5-3-4-6-11(10)14/h3-6,12,15H,2,7-9H2,1H3. The molecule has 1 N–H and O–H groups in total. The molecule has 0 aromatic heterocycles. The van der Waals surface area contributed by atoms with Gasteiger partial charge in [-0.05, 0) is 19.4 Å². The first-order chi connectivity index (χ1) is 8.24. The zero-order chi connectivity index (χ0) is 12.3. The third kappa shape index (κ3) is 2.48. The monoisotopic (exact) mass is 235 g/mol. The molecule has 4 heteroatoms. The van der Waals surface area contributed by atoms with Crippen LogP contribution in [0.2, 0.25) is 0 Å². The molecule has 1 atom stereocenters. The van der Waals surface area contributed by atoms with E-state index >= 15 is 0 Å². The van der Waals surface area contributed by atoms with E-state index in [1.54, 1.807) is 4.90 Å². The molecule has 1 aliphatic rings. The molecule has 0 radical (unpaired) electrons. The first kappa shape index (κ1) is 12.1. The lowest BCUT2D eigenvalue weighted by molar-refractivity contribution is -0.123. The molecule has 1 unspecified atom stereocenters. The van der Waals surface area contributed by atoms with Crippen molar-refractivity contribution in [2.24, 2.45) is 0 Å². The Morgan fingerprint density at radius 1 is 1.53 bits per heavy atom. The van der Waals surface area contributed by atoms with Crippen molar-refractivity contribution >= 4 is 11.6 Å². The van der Waals surface area contributed by atoms with Crippen LogP contribution >= 0.6 is 0 Å². The van der Waals surface area contributed by atoms with Crippen LogP contribution in [0.4, 0.5) is 5.69 Å². The van der Waals surface area contributed by atoms with Gasteiger partial charge in [0.15, 0.2) is 0 Å². The Hall–Kier alpha value is -1.39. The molecule has 17 heavy (non-hydrogen) atoms. The summed E-state index contributed by atoms with van der Waals surface area (Å²) in [7, 11) is 0. The summed E-state index contributed by atoms with van der Waals surface area (Å²) in [4.78, 5) is 13.6. The maximum atomic E-state index is 11.9. The van der Waals surface area contributed by atoms with Gasteiger partial charge in [0.1, 0.15) is 6.61 Å². The van der Waals surface area contributed by atoms with Gasteiger partial charge in [-0.2, -0.15) is 0 Å². The van der Waals surface area contributed by atoms with Crippen molar-refractivity contribution in [1.82, 2.24) is 0 Å². The van der Waals surface area contributed by atoms with Gasteiger partial charge in [-0.15, -0.1) is 0 Å². The fraction of sp³-hybridized carbons (Fsp3) is 0.462. The van der Waals surface area contributed by atoms with E-state index in [2.05, 4.69) is 0 Å². The molecule has 1 heterocycles. The number of aliphatic hydroxyl groups excluding tert-OH is 1. The number of para-hydroxylation sites is 1. The number of hydrogen-bond acceptors (Lipinski definition) is 3. The predicted molar refractivity (Wildman–Crippen MR) is 64.9 cm³/mol. The van der Waals surface area contributed by atoms with E-state index in [1.807, 2.05) is 31.2 Å². The summed E-state index contributed by atoms with van der Waals surface area (Å²) in [6.45, 7) is 3.04. The highest BCUT2D eigenvalue weighted by atomic mass is 16.5. The van der Waals surface area contributed by atoms with Crippen LogP contribution in [0.15, 0.2) is 24.3 Å². The van der Waals surface area contributed by atoms with Crippen LogP contribution in [0.5, 0.6) is 0 Å². The minimum atomic E-state index is -0.470. The van der Waals surface area contributed by atoms with Crippen molar-refractivity contribution in [2.45, 2.75) is 19.4 Å². The number of rotatable bonds is 3. The van der Waals surface area contributed by atoms with Gasteiger partial charge in [0.2, 0.25) is 0 Å². The van der Waals surface area contributed by atoms with E-state index < -0.39 is 6.10 Å². The predicted octanol–water partition coefficient (Wildman–Crippen LogP) is 1.49. The van der Waals surface area contributed by atoms with E-state index in [-0.39, 0.29) is 12.5 Å². The SMILES string of the molecule is CCOCC(=O)N1CCC(O)c2ccccc21. The van der Waals surface area contributed by atoms with E-state index in [0.29, 0.717) is 19.6 Å². The molecule has 0 saturated heterocycles. The van der Waals surface area contributed by atoms with Crippen LogP contribution in [-0.4, -0.2) is 30.8 Å². The van der Waals surface area contributed by atoms with Crippen molar-refractivity contribution < 1.29 is 14.6 Å². The van der Waals surface area contributed by atoms with Gasteiger partial charge >= 0.3 is 0 Å². The van der Waals surface area contributed by atoms with Gasteiger partial charge < -0.3 is 14.7 Å². The first-order valence-electron chi connectivity index (χ1n) is 5.89. The molecule has 2 rings (SSSR count). The molecule has 0 aliphatic carbocycles. The van der Waals surface area contributed by atoms with Gasteiger partial charge in [0.05, 0.1) is 6.10 Å². The number of fused-ring (bicyclic) bond motifs is 1. The Morgan fingerprint density at radius 2 is 2.29 bits per heavy atom. The summed E-state index contributed by atoms with van der Waals surface area (Å²) >= 11 is 0. The lowest BCUT2D eigenvalue weighted by atomic mass is 9.99. The highest BCUT2D eigenvalue weighted by Gasteiger charge is 2.26. The summed E-state index contributed by atoms with van der Waals surface area (Å²) in [5.74, 6) is -0.0498. The van der Waals surface area contributed by atoms with Crippen LogP contribution in [-0.2, 0) is 9.53 Å². The fourth-order valence-electron chi connectivity index (χ4n) is 2.07. The minimum Gasteiger partial charge on any atom is -0.388 e. The van der Waals surface area contributed by atoms with Gasteiger partial charge in [0.25, 0.3) is 5.91 Å². The molecule has 92 valence electrons. The van der Waals surface area contributed by atoms with E-state index in [0.717, 1.165) is 11.3 Å². The molecule has 1 aliphatic heterocycles. The summed E-state index contributed by atoms with van der Waals surface area (Å²) in [5, 5.41) is 9.87. The quantitative estimate of drug-likeness (QED) is 0.863. The van der Waals surface area contributed by atoms with Gasteiger partial charge in [0, 0.05) is 24.4 Å². The normalized spacial score (nSPS) is 18.9. The van der Waals surface area contributed by atoms with Crippen molar-refractivity contribution in [3.63, 3.8) is 0 Å². The maximum Gasteiger partial charge on any atom is 0.252 e. The second kappa shape index (κ2) is 5.29. The number of hydrogen-bond donors (Lipinski definition) is 1. The molecule has 4 nitrogen and oxygen atoms in total. The zero-order valence-corrected chi connectivity index (χ0v) is 9.93. The highest BCUT2D eigenvalue weighted by molar-refractivity contribution is 5.95. The molecule has 0 saturated carbocycles. The Kier molecular flexibility index (Phi) is 3.76. The number of anilines is 1. The maximum absolute atomic E-state index is 11.9. The first-order valence-corrected chi connectivity index (χ1v) is 5.89. The van der Waals surface area contributed by atoms with Gasteiger partial charge in [-0.25, -0.2) is 0 Å². The molecule has 1 amide bonds. The number of benzene rings is 1. The van der Waals surface area contributed by atoms with E-state index in [1.165, 1.54) is 0 Å². The van der Waals surface area contributed by atoms with Crippen molar-refractivity contribution in [3.8, 4) is 0 Å². The van der Waals surface area contributed by atoms with Gasteiger partial charge in [-0.3, -0.25) is 4.79 Å². The molecule has 1 aromatic carbocycles. The van der Waals surface area contributed by atoms with E-state index in [9.17, 15) is 9.90 Å². The third-order valence-corrected chi connectivity index (χ3v) is 2.94. The number of ether oxygens (including phenoxy) is 1. The molecular weight excluding hydrogens is 218 g/mol. The Morgan fingerprint density at radius 3 is 3.06 bits per heavy atom. The second-order valence-corrected chi connectivity index (χ2v) is 4.05. The second-order valence-electron chi connectivity index (χ2n) is 4.05. The number of nitrogens with zero attached hydrogens (tertiary/aromatic N) is 1. The Bertz CT molecular complexity index is 405. The Labute approximate surface area is 101 Å². The van der Waals surface area contributed by atoms with Crippen LogP contribution in [0.3, 0.4) is 0 Å². The average Bonchev–Trinajstić information content (AvgIpc) is 2.37. The van der Waals surface area contributed by atoms with Crippen LogP contribution in [0, 0.1) is 0 Å². The van der Waals surface area contributed by atoms with Crippen molar-refractivity contribution in [3.05, 3.63) is 29.8 Å². The van der Waals surface area contributed by atoms with Gasteiger partial charge in [-0.1, -0.05) is 18.2 Å². The van der Waals surface area contributed by atoms with Crippen LogP contribution in [0.25, 0.3) is 0 Å². The van der Waals surface area contributed by atoms with Crippen molar-refractivity contribution in [2.75, 3.05) is 24.7 Å². The van der Waals surface area contributed by atoms with Crippen LogP contribution < -0.4 is 4.90 Å². The zero-order valence-electron chi connectivity index (χ0n) is 9.93. The number of aliphatic hydroxyl groups is 1. The fourth-order valence-corrected chi connectivity index (χ4v) is 2.07. The highest BCUT2D eigenvalue weighted by Crippen LogP contribution is 2.33. The van der Waals surface area contributed by atoms with Crippen LogP contribution in [0.1, 0.15) is 25.0 Å². The minimum absolute atomic E-state index is 0.0498. The molecular formula is C13H17NO3. The topological polar surface area (TPSA) is 49.8 Å². The molecule has 0 fully saturated rings. The smallest absolute Gasteiger partial charge is 0.252 e. The summed E-state index contributed by atoms with van der Waals surface area (Å²) in [6.07, 6.45) is 0.108.